The van der Waals surface area contributed by atoms with E-state index >= 15 is 0 Å². The number of H-pyrrole nitrogens is 1. The van der Waals surface area contributed by atoms with Gasteiger partial charge >= 0.3 is 0 Å². The van der Waals surface area contributed by atoms with Crippen LogP contribution < -0.4 is 4.74 Å². The number of amides is 1. The number of para-hydroxylation sites is 1. The zero-order valence-electron chi connectivity index (χ0n) is 14.0. The van der Waals surface area contributed by atoms with E-state index in [1.165, 1.54) is 6.07 Å². The molecule has 3 aromatic rings. The Kier molecular flexibility index (Phi) is 3.92. The Balaban J connectivity index is 1.60. The van der Waals surface area contributed by atoms with Crippen molar-refractivity contribution in [1.29, 1.82) is 0 Å². The van der Waals surface area contributed by atoms with Crippen LogP contribution in [0.1, 0.15) is 16.8 Å². The fraction of sp³-hybridized carbons (Fsp3) is 0.250. The van der Waals surface area contributed by atoms with Gasteiger partial charge < -0.3 is 14.6 Å². The summed E-state index contributed by atoms with van der Waals surface area (Å²) in [7, 11) is 1.65. The molecule has 4 rings (SSSR count). The summed E-state index contributed by atoms with van der Waals surface area (Å²) in [6.07, 6.45) is 0.851. The third-order valence-corrected chi connectivity index (χ3v) is 4.84. The Morgan fingerprint density at radius 1 is 1.24 bits per heavy atom. The lowest BCUT2D eigenvalue weighted by molar-refractivity contribution is -0.131. The van der Waals surface area contributed by atoms with Crippen molar-refractivity contribution < 1.29 is 13.9 Å². The van der Waals surface area contributed by atoms with Crippen molar-refractivity contribution in [3.8, 4) is 5.75 Å². The second kappa shape index (κ2) is 6.24. The zero-order valence-corrected chi connectivity index (χ0v) is 14.0. The van der Waals surface area contributed by atoms with Crippen molar-refractivity contribution in [3.05, 3.63) is 65.1 Å². The number of aromatic nitrogens is 1. The summed E-state index contributed by atoms with van der Waals surface area (Å²) < 4.78 is 19.2. The Morgan fingerprint density at radius 3 is 2.88 bits per heavy atom. The first-order valence-electron chi connectivity index (χ1n) is 8.35. The lowest BCUT2D eigenvalue weighted by Crippen LogP contribution is -2.36. The number of nitrogens with zero attached hydrogens (tertiary/aromatic N) is 1. The molecule has 5 heteroatoms. The summed E-state index contributed by atoms with van der Waals surface area (Å²) in [6.45, 7) is 1.17. The number of methoxy groups -OCH3 is 1. The third kappa shape index (κ3) is 2.76. The van der Waals surface area contributed by atoms with Crippen molar-refractivity contribution in [3.63, 3.8) is 0 Å². The summed E-state index contributed by atoms with van der Waals surface area (Å²) in [6, 6.07) is 12.4. The molecular formula is C20H19FN2O2. The number of nitrogens with one attached hydrogen (secondary N) is 1. The van der Waals surface area contributed by atoms with Gasteiger partial charge in [-0.1, -0.05) is 30.3 Å². The SMILES string of the molecule is COc1cccc2c3c([nH]c12)CCN(C(=O)Cc1ccccc1F)C3. The van der Waals surface area contributed by atoms with Crippen molar-refractivity contribution in [2.75, 3.05) is 13.7 Å². The maximum atomic E-state index is 13.8. The predicted octanol–water partition coefficient (Wildman–Crippen LogP) is 3.44. The number of carbonyl (C=O) groups excluding carboxylic acids is 1. The fourth-order valence-corrected chi connectivity index (χ4v) is 3.51. The van der Waals surface area contributed by atoms with Gasteiger partial charge in [0.05, 0.1) is 19.0 Å². The predicted molar refractivity (Wildman–Crippen MR) is 94.1 cm³/mol. The minimum Gasteiger partial charge on any atom is -0.495 e. The maximum Gasteiger partial charge on any atom is 0.227 e. The van der Waals surface area contributed by atoms with Crippen LogP contribution in [0.5, 0.6) is 5.75 Å². The number of aromatic amines is 1. The first-order chi connectivity index (χ1) is 12.2. The molecule has 0 fully saturated rings. The zero-order chi connectivity index (χ0) is 17.4. The van der Waals surface area contributed by atoms with Crippen LogP contribution in [0.3, 0.4) is 0 Å². The van der Waals surface area contributed by atoms with Crippen LogP contribution in [0.2, 0.25) is 0 Å². The maximum absolute atomic E-state index is 13.8. The van der Waals surface area contributed by atoms with E-state index < -0.39 is 0 Å². The van der Waals surface area contributed by atoms with Crippen molar-refractivity contribution in [2.45, 2.75) is 19.4 Å². The van der Waals surface area contributed by atoms with Crippen molar-refractivity contribution in [2.24, 2.45) is 0 Å². The van der Waals surface area contributed by atoms with Crippen LogP contribution >= 0.6 is 0 Å². The van der Waals surface area contributed by atoms with E-state index in [0.717, 1.165) is 34.3 Å². The highest BCUT2D eigenvalue weighted by Gasteiger charge is 2.25. The molecule has 0 bridgehead atoms. The molecule has 1 aliphatic rings. The normalized spacial score (nSPS) is 13.8. The number of ether oxygens (including phenoxy) is 1. The van der Waals surface area contributed by atoms with Gasteiger partial charge in [0.1, 0.15) is 11.6 Å². The molecule has 0 saturated carbocycles. The van der Waals surface area contributed by atoms with Gasteiger partial charge in [-0.05, 0) is 17.7 Å². The largest absolute Gasteiger partial charge is 0.495 e. The Morgan fingerprint density at radius 2 is 2.08 bits per heavy atom. The van der Waals surface area contributed by atoms with E-state index in [4.69, 9.17) is 4.74 Å². The summed E-state index contributed by atoms with van der Waals surface area (Å²) in [5.74, 6) is 0.425. The number of benzene rings is 2. The van der Waals surface area contributed by atoms with E-state index in [9.17, 15) is 9.18 Å². The standard InChI is InChI=1S/C20H19FN2O2/c1-25-18-8-4-6-14-15-12-23(10-9-17(15)22-20(14)18)19(24)11-13-5-2-3-7-16(13)21/h2-8,22H,9-12H2,1H3. The average Bonchev–Trinajstić information content (AvgIpc) is 3.01. The molecule has 0 atom stereocenters. The molecule has 2 aromatic carbocycles. The fourth-order valence-electron chi connectivity index (χ4n) is 3.51. The van der Waals surface area contributed by atoms with Gasteiger partial charge in [0.2, 0.25) is 5.91 Å². The molecule has 4 nitrogen and oxygen atoms in total. The minimum absolute atomic E-state index is 0.0482. The summed E-state index contributed by atoms with van der Waals surface area (Å²) >= 11 is 0. The monoisotopic (exact) mass is 338 g/mol. The molecule has 2 heterocycles. The molecule has 1 aliphatic heterocycles. The number of carbonyl (C=O) groups is 1. The quantitative estimate of drug-likeness (QED) is 0.795. The van der Waals surface area contributed by atoms with Gasteiger partial charge in [0.15, 0.2) is 0 Å². The van der Waals surface area contributed by atoms with Crippen LogP contribution in [0.25, 0.3) is 10.9 Å². The van der Waals surface area contributed by atoms with E-state index in [-0.39, 0.29) is 18.1 Å². The minimum atomic E-state index is -0.328. The van der Waals surface area contributed by atoms with Gasteiger partial charge in [-0.15, -0.1) is 0 Å². The second-order valence-electron chi connectivity index (χ2n) is 6.30. The molecule has 0 radical (unpaired) electrons. The van der Waals surface area contributed by atoms with Gasteiger partial charge in [-0.25, -0.2) is 4.39 Å². The van der Waals surface area contributed by atoms with Crippen LogP contribution in [0, 0.1) is 5.82 Å². The molecule has 1 amide bonds. The summed E-state index contributed by atoms with van der Waals surface area (Å²) in [5.41, 5.74) is 3.69. The number of hydrogen-bond donors (Lipinski definition) is 1. The topological polar surface area (TPSA) is 45.3 Å². The molecule has 1 aromatic heterocycles. The van der Waals surface area contributed by atoms with E-state index in [0.29, 0.717) is 18.7 Å². The second-order valence-corrected chi connectivity index (χ2v) is 6.30. The molecule has 128 valence electrons. The Labute approximate surface area is 145 Å². The lowest BCUT2D eigenvalue weighted by atomic mass is 10.0. The average molecular weight is 338 g/mol. The number of halogens is 1. The number of fused-ring (bicyclic) bond motifs is 3. The van der Waals surface area contributed by atoms with Crippen LogP contribution in [0.15, 0.2) is 42.5 Å². The molecule has 25 heavy (non-hydrogen) atoms. The van der Waals surface area contributed by atoms with Gasteiger partial charge in [-0.2, -0.15) is 0 Å². The highest BCUT2D eigenvalue weighted by Crippen LogP contribution is 2.33. The first kappa shape index (κ1) is 15.7. The number of hydrogen-bond acceptors (Lipinski definition) is 2. The molecule has 0 saturated heterocycles. The van der Waals surface area contributed by atoms with Crippen LogP contribution in [-0.4, -0.2) is 29.4 Å². The Bertz CT molecular complexity index is 948. The molecule has 0 spiro atoms. The number of rotatable bonds is 3. The van der Waals surface area contributed by atoms with E-state index in [2.05, 4.69) is 4.98 Å². The van der Waals surface area contributed by atoms with E-state index in [1.807, 2.05) is 23.1 Å². The van der Waals surface area contributed by atoms with Crippen molar-refractivity contribution in [1.82, 2.24) is 9.88 Å². The summed E-state index contributed by atoms with van der Waals surface area (Å²) in [5, 5.41) is 1.08. The first-order valence-corrected chi connectivity index (χ1v) is 8.35. The summed E-state index contributed by atoms with van der Waals surface area (Å²) in [4.78, 5) is 17.9. The van der Waals surface area contributed by atoms with Crippen LogP contribution in [-0.2, 0) is 24.2 Å². The van der Waals surface area contributed by atoms with Crippen LogP contribution in [0.4, 0.5) is 4.39 Å². The molecule has 0 unspecified atom stereocenters. The van der Waals surface area contributed by atoms with Gasteiger partial charge in [0, 0.05) is 36.2 Å². The molecule has 1 N–H and O–H groups in total. The lowest BCUT2D eigenvalue weighted by Gasteiger charge is -2.27. The van der Waals surface area contributed by atoms with Gasteiger partial charge in [0.25, 0.3) is 0 Å². The molecular weight excluding hydrogens is 319 g/mol. The van der Waals surface area contributed by atoms with E-state index in [1.54, 1.807) is 25.3 Å². The highest BCUT2D eigenvalue weighted by molar-refractivity contribution is 5.90. The molecule has 0 aliphatic carbocycles. The smallest absolute Gasteiger partial charge is 0.227 e. The third-order valence-electron chi connectivity index (χ3n) is 4.84. The highest BCUT2D eigenvalue weighted by atomic mass is 19.1. The van der Waals surface area contributed by atoms with Gasteiger partial charge in [-0.3, -0.25) is 4.79 Å². The Hall–Kier alpha value is -2.82. The van der Waals surface area contributed by atoms with Crippen molar-refractivity contribution >= 4 is 16.8 Å².